The fourth-order valence-corrected chi connectivity index (χ4v) is 3.82. The highest BCUT2D eigenvalue weighted by Crippen LogP contribution is 2.31. The van der Waals surface area contributed by atoms with Gasteiger partial charge in [0.1, 0.15) is 24.2 Å². The molecule has 1 aromatic heterocycles. The quantitative estimate of drug-likeness (QED) is 0.292. The van der Waals surface area contributed by atoms with E-state index in [1.54, 1.807) is 31.4 Å². The molecular weight excluding hydrogens is 469 g/mol. The molecular formula is C25H30ClF3N2O3. The van der Waals surface area contributed by atoms with Crippen LogP contribution >= 0.6 is 11.6 Å². The summed E-state index contributed by atoms with van der Waals surface area (Å²) in [5, 5.41) is 4.58. The third-order valence-corrected chi connectivity index (χ3v) is 5.53. The lowest BCUT2D eigenvalue weighted by atomic mass is 9.84. The van der Waals surface area contributed by atoms with Gasteiger partial charge < -0.3 is 9.57 Å². The summed E-state index contributed by atoms with van der Waals surface area (Å²) in [6.45, 7) is 2.12. The largest absolute Gasteiger partial charge is 0.482 e. The number of Topliss-reactive ketones (excluding diaryl/α,β-unsaturated/α-hetero) is 1. The Labute approximate surface area is 203 Å². The van der Waals surface area contributed by atoms with Crippen LogP contribution in [-0.4, -0.2) is 36.4 Å². The van der Waals surface area contributed by atoms with Crippen molar-refractivity contribution in [1.82, 2.24) is 4.98 Å². The minimum atomic E-state index is -4.46. The number of benzene rings is 1. The Hall–Kier alpha value is -2.61. The molecule has 1 aromatic carbocycles. The summed E-state index contributed by atoms with van der Waals surface area (Å²) in [5.41, 5.74) is 2.10. The van der Waals surface area contributed by atoms with Crippen LogP contribution in [0.4, 0.5) is 13.2 Å². The fourth-order valence-electron chi connectivity index (χ4n) is 3.70. The Morgan fingerprint density at radius 2 is 1.88 bits per heavy atom. The molecule has 186 valence electrons. The van der Waals surface area contributed by atoms with E-state index in [2.05, 4.69) is 17.1 Å². The number of rotatable bonds is 7. The van der Waals surface area contributed by atoms with Gasteiger partial charge in [0, 0.05) is 23.4 Å². The molecule has 1 aliphatic carbocycles. The summed E-state index contributed by atoms with van der Waals surface area (Å²) >= 11 is 5.79. The number of oxime groups is 1. The fraction of sp³-hybridized carbons (Fsp3) is 0.480. The Morgan fingerprint density at radius 1 is 1.18 bits per heavy atom. The number of ketones is 1. The van der Waals surface area contributed by atoms with E-state index in [-0.39, 0.29) is 22.9 Å². The van der Waals surface area contributed by atoms with Crippen LogP contribution in [0.5, 0.6) is 5.75 Å². The summed E-state index contributed by atoms with van der Waals surface area (Å²) in [4.78, 5) is 20.3. The van der Waals surface area contributed by atoms with E-state index < -0.39 is 12.8 Å². The second kappa shape index (κ2) is 13.3. The first kappa shape index (κ1) is 27.6. The number of aromatic nitrogens is 1. The molecule has 1 aliphatic rings. The monoisotopic (exact) mass is 498 g/mol. The maximum absolute atomic E-state index is 12.3. The minimum absolute atomic E-state index is 0.0513. The number of pyridine rings is 1. The first-order chi connectivity index (χ1) is 16.1. The van der Waals surface area contributed by atoms with E-state index in [1.807, 2.05) is 0 Å². The topological polar surface area (TPSA) is 60.8 Å². The Morgan fingerprint density at radius 3 is 2.47 bits per heavy atom. The smallest absolute Gasteiger partial charge is 0.422 e. The van der Waals surface area contributed by atoms with Crippen LogP contribution in [0.2, 0.25) is 5.02 Å². The van der Waals surface area contributed by atoms with Crippen molar-refractivity contribution in [3.05, 3.63) is 47.1 Å². The van der Waals surface area contributed by atoms with Gasteiger partial charge in [0.05, 0.1) is 5.71 Å². The van der Waals surface area contributed by atoms with Gasteiger partial charge in [-0.3, -0.25) is 4.79 Å². The molecule has 9 heteroatoms. The van der Waals surface area contributed by atoms with E-state index in [0.717, 1.165) is 6.42 Å². The van der Waals surface area contributed by atoms with Gasteiger partial charge in [0.25, 0.3) is 0 Å². The lowest BCUT2D eigenvalue weighted by molar-refractivity contribution is -0.153. The number of carbonyl (C=O) groups is 1. The van der Waals surface area contributed by atoms with E-state index in [1.165, 1.54) is 56.9 Å². The van der Waals surface area contributed by atoms with Crippen molar-refractivity contribution in [3.8, 4) is 17.0 Å². The first-order valence-electron chi connectivity index (χ1n) is 11.2. The van der Waals surface area contributed by atoms with E-state index in [9.17, 15) is 18.0 Å². The molecule has 0 aliphatic heterocycles. The number of hydrogen-bond acceptors (Lipinski definition) is 5. The zero-order valence-electron chi connectivity index (χ0n) is 19.6. The van der Waals surface area contributed by atoms with Crippen LogP contribution < -0.4 is 4.74 Å². The first-order valence-corrected chi connectivity index (χ1v) is 11.6. The van der Waals surface area contributed by atoms with Crippen molar-refractivity contribution in [1.29, 1.82) is 0 Å². The Kier molecular flexibility index (Phi) is 10.8. The third kappa shape index (κ3) is 8.97. The van der Waals surface area contributed by atoms with Crippen LogP contribution in [0, 0.1) is 5.92 Å². The van der Waals surface area contributed by atoms with Crippen LogP contribution in [0.3, 0.4) is 0 Å². The highest BCUT2D eigenvalue weighted by atomic mass is 35.5. The van der Waals surface area contributed by atoms with Gasteiger partial charge in [-0.1, -0.05) is 48.7 Å². The number of halogens is 4. The maximum Gasteiger partial charge on any atom is 0.422 e. The summed E-state index contributed by atoms with van der Waals surface area (Å²) < 4.78 is 41.7. The standard InChI is InChI=1S/C15H11ClF3NO2.C10H19NO/c1-9(21)12-6-7-13(22-8-15(17,18)19)14(20-12)10-2-4-11(16)5-3-10;1-3-6-9-7-4-5-8-10(9)11-12-2/h2-7H,8H2,1H3;9H,3-8H2,1-2H3/b;11-10+. The molecule has 0 spiro atoms. The summed E-state index contributed by atoms with van der Waals surface area (Å²) in [6.07, 6.45) is 3.20. The molecule has 5 nitrogen and oxygen atoms in total. The van der Waals surface area contributed by atoms with E-state index >= 15 is 0 Å². The lowest BCUT2D eigenvalue weighted by Crippen LogP contribution is -2.19. The molecule has 1 heterocycles. The number of ether oxygens (including phenoxy) is 1. The molecule has 1 unspecified atom stereocenters. The normalized spacial score (nSPS) is 17.0. The van der Waals surface area contributed by atoms with Crippen LogP contribution in [0.15, 0.2) is 41.6 Å². The number of nitrogens with zero attached hydrogens (tertiary/aromatic N) is 2. The van der Waals surface area contributed by atoms with Gasteiger partial charge in [-0.05, 0) is 49.9 Å². The van der Waals surface area contributed by atoms with Crippen LogP contribution in [-0.2, 0) is 4.84 Å². The molecule has 0 radical (unpaired) electrons. The zero-order chi connectivity index (χ0) is 25.1. The summed E-state index contributed by atoms with van der Waals surface area (Å²) in [6, 6.07) is 8.97. The summed E-state index contributed by atoms with van der Waals surface area (Å²) in [7, 11) is 1.64. The highest BCUT2D eigenvalue weighted by Gasteiger charge is 2.29. The average molecular weight is 499 g/mol. The SMILES string of the molecule is CC(=O)c1ccc(OCC(F)(F)F)c(-c2ccc(Cl)cc2)n1.CCCC1CCCC/C1=N\OC. The van der Waals surface area contributed by atoms with Crippen LogP contribution in [0.1, 0.15) is 62.9 Å². The van der Waals surface area contributed by atoms with E-state index in [0.29, 0.717) is 16.5 Å². The van der Waals surface area contributed by atoms with Gasteiger partial charge in [-0.25, -0.2) is 4.98 Å². The van der Waals surface area contributed by atoms with E-state index in [4.69, 9.17) is 21.2 Å². The minimum Gasteiger partial charge on any atom is -0.482 e. The van der Waals surface area contributed by atoms with Crippen molar-refractivity contribution in [2.45, 2.75) is 58.5 Å². The Bertz CT molecular complexity index is 961. The predicted octanol–water partition coefficient (Wildman–Crippen LogP) is 7.52. The third-order valence-electron chi connectivity index (χ3n) is 5.28. The van der Waals surface area contributed by atoms with Crippen molar-refractivity contribution in [2.75, 3.05) is 13.7 Å². The Balaban J connectivity index is 0.000000287. The van der Waals surface area contributed by atoms with Gasteiger partial charge in [0.15, 0.2) is 12.4 Å². The molecule has 1 atom stereocenters. The molecule has 2 aromatic rings. The molecule has 1 fully saturated rings. The second-order valence-corrected chi connectivity index (χ2v) is 8.44. The molecule has 0 saturated heterocycles. The number of hydrogen-bond donors (Lipinski definition) is 0. The molecule has 0 amide bonds. The van der Waals surface area contributed by atoms with Crippen molar-refractivity contribution < 1.29 is 27.5 Å². The second-order valence-electron chi connectivity index (χ2n) is 8.01. The molecule has 0 N–H and O–H groups in total. The van der Waals surface area contributed by atoms with Gasteiger partial charge in [-0.2, -0.15) is 13.2 Å². The van der Waals surface area contributed by atoms with Crippen LogP contribution in [0.25, 0.3) is 11.3 Å². The van der Waals surface area contributed by atoms with Gasteiger partial charge in [0.2, 0.25) is 0 Å². The maximum atomic E-state index is 12.3. The predicted molar refractivity (Wildman–Crippen MR) is 128 cm³/mol. The number of alkyl halides is 3. The highest BCUT2D eigenvalue weighted by molar-refractivity contribution is 6.30. The van der Waals surface area contributed by atoms with Crippen molar-refractivity contribution in [2.24, 2.45) is 11.1 Å². The van der Waals surface area contributed by atoms with Gasteiger partial charge >= 0.3 is 6.18 Å². The van der Waals surface area contributed by atoms with Crippen molar-refractivity contribution >= 4 is 23.1 Å². The average Bonchev–Trinajstić information content (AvgIpc) is 2.80. The van der Waals surface area contributed by atoms with Gasteiger partial charge in [-0.15, -0.1) is 0 Å². The van der Waals surface area contributed by atoms with Crippen molar-refractivity contribution in [3.63, 3.8) is 0 Å². The molecule has 0 bridgehead atoms. The number of carbonyl (C=O) groups excluding carboxylic acids is 1. The molecule has 1 saturated carbocycles. The summed E-state index contributed by atoms with van der Waals surface area (Å²) in [5.74, 6) is 0.367. The lowest BCUT2D eigenvalue weighted by Gasteiger charge is -2.22. The molecule has 34 heavy (non-hydrogen) atoms. The molecule has 3 rings (SSSR count). The zero-order valence-corrected chi connectivity index (χ0v) is 20.4.